The summed E-state index contributed by atoms with van der Waals surface area (Å²) < 4.78 is 11.3. The summed E-state index contributed by atoms with van der Waals surface area (Å²) in [6, 6.07) is 14.5. The predicted molar refractivity (Wildman–Crippen MR) is 108 cm³/mol. The number of hydrogen-bond donors (Lipinski definition) is 2. The molecule has 0 atom stereocenters. The van der Waals surface area contributed by atoms with Crippen LogP contribution in [0.1, 0.15) is 37.6 Å². The van der Waals surface area contributed by atoms with E-state index in [0.717, 1.165) is 17.9 Å². The van der Waals surface area contributed by atoms with Crippen molar-refractivity contribution in [3.05, 3.63) is 54.1 Å². The van der Waals surface area contributed by atoms with Gasteiger partial charge in [-0.3, -0.25) is 10.1 Å². The van der Waals surface area contributed by atoms with E-state index < -0.39 is 0 Å². The van der Waals surface area contributed by atoms with E-state index in [9.17, 15) is 4.79 Å². The molecule has 2 aromatic carbocycles. The van der Waals surface area contributed by atoms with Crippen molar-refractivity contribution < 1.29 is 14.3 Å². The predicted octanol–water partition coefficient (Wildman–Crippen LogP) is 4.39. The Morgan fingerprint density at radius 1 is 1.15 bits per heavy atom. The van der Waals surface area contributed by atoms with Gasteiger partial charge >= 0.3 is 0 Å². The Balaban J connectivity index is 2.01. The van der Waals surface area contributed by atoms with Crippen molar-refractivity contribution in [2.45, 2.75) is 33.3 Å². The van der Waals surface area contributed by atoms with Crippen LogP contribution in [-0.2, 0) is 0 Å². The first-order valence-electron chi connectivity index (χ1n) is 8.60. The van der Waals surface area contributed by atoms with Gasteiger partial charge in [-0.05, 0) is 56.8 Å². The van der Waals surface area contributed by atoms with Gasteiger partial charge in [0.15, 0.2) is 5.11 Å². The number of rotatable bonds is 7. The fourth-order valence-electron chi connectivity index (χ4n) is 2.23. The highest BCUT2D eigenvalue weighted by Gasteiger charge is 2.14. The molecule has 0 heterocycles. The highest BCUT2D eigenvalue weighted by Crippen LogP contribution is 2.20. The largest absolute Gasteiger partial charge is 0.494 e. The second-order valence-corrected chi connectivity index (χ2v) is 6.36. The van der Waals surface area contributed by atoms with Gasteiger partial charge in [0.1, 0.15) is 11.5 Å². The SMILES string of the molecule is CCCOc1cccc(NC(=S)NC(=O)c2ccccc2OC(C)C)c1. The molecule has 0 radical (unpaired) electrons. The Hall–Kier alpha value is -2.60. The average Bonchev–Trinajstić information content (AvgIpc) is 2.60. The standard InChI is InChI=1S/C20H24N2O3S/c1-4-12-24-16-9-7-8-15(13-16)21-20(26)22-19(23)17-10-5-6-11-18(17)25-14(2)3/h5-11,13-14H,4,12H2,1-3H3,(H2,21,22,23,26). The summed E-state index contributed by atoms with van der Waals surface area (Å²) in [6.07, 6.45) is 0.907. The highest BCUT2D eigenvalue weighted by molar-refractivity contribution is 7.80. The molecule has 0 aromatic heterocycles. The van der Waals surface area contributed by atoms with Gasteiger partial charge in [0.2, 0.25) is 0 Å². The summed E-state index contributed by atoms with van der Waals surface area (Å²) in [7, 11) is 0. The molecule has 26 heavy (non-hydrogen) atoms. The van der Waals surface area contributed by atoms with E-state index in [1.54, 1.807) is 18.2 Å². The number of amides is 1. The lowest BCUT2D eigenvalue weighted by Gasteiger charge is -2.15. The smallest absolute Gasteiger partial charge is 0.261 e. The summed E-state index contributed by atoms with van der Waals surface area (Å²) in [6.45, 7) is 6.52. The molecule has 138 valence electrons. The van der Waals surface area contributed by atoms with Crippen LogP contribution in [0.15, 0.2) is 48.5 Å². The van der Waals surface area contributed by atoms with E-state index in [0.29, 0.717) is 17.9 Å². The Kier molecular flexibility index (Phi) is 7.41. The van der Waals surface area contributed by atoms with Crippen LogP contribution >= 0.6 is 12.2 Å². The Morgan fingerprint density at radius 3 is 2.65 bits per heavy atom. The Bertz CT molecular complexity index is 762. The van der Waals surface area contributed by atoms with Gasteiger partial charge in [-0.1, -0.05) is 25.1 Å². The number of ether oxygens (including phenoxy) is 2. The van der Waals surface area contributed by atoms with Crippen molar-refractivity contribution >= 4 is 28.9 Å². The zero-order chi connectivity index (χ0) is 18.9. The minimum atomic E-state index is -0.322. The van der Waals surface area contributed by atoms with Crippen LogP contribution in [0.4, 0.5) is 5.69 Å². The third kappa shape index (κ3) is 6.04. The van der Waals surface area contributed by atoms with Gasteiger partial charge in [-0.15, -0.1) is 0 Å². The van der Waals surface area contributed by atoms with Gasteiger partial charge < -0.3 is 14.8 Å². The summed E-state index contributed by atoms with van der Waals surface area (Å²) >= 11 is 5.25. The van der Waals surface area contributed by atoms with E-state index in [1.165, 1.54) is 0 Å². The topological polar surface area (TPSA) is 59.6 Å². The zero-order valence-corrected chi connectivity index (χ0v) is 16.1. The second-order valence-electron chi connectivity index (χ2n) is 5.95. The number of nitrogens with one attached hydrogen (secondary N) is 2. The lowest BCUT2D eigenvalue weighted by molar-refractivity contribution is 0.0972. The maximum atomic E-state index is 12.5. The van der Waals surface area contributed by atoms with Crippen LogP contribution in [0.2, 0.25) is 0 Å². The third-order valence-corrected chi connectivity index (χ3v) is 3.49. The molecule has 1 amide bonds. The van der Waals surface area contributed by atoms with Crippen LogP contribution in [0.3, 0.4) is 0 Å². The maximum Gasteiger partial charge on any atom is 0.261 e. The molecule has 2 N–H and O–H groups in total. The Morgan fingerprint density at radius 2 is 1.92 bits per heavy atom. The summed E-state index contributed by atoms with van der Waals surface area (Å²) in [4.78, 5) is 12.5. The monoisotopic (exact) mass is 372 g/mol. The van der Waals surface area contributed by atoms with Gasteiger partial charge in [-0.2, -0.15) is 0 Å². The molecule has 0 bridgehead atoms. The molecule has 0 saturated carbocycles. The number of benzene rings is 2. The molecular weight excluding hydrogens is 348 g/mol. The van der Waals surface area contributed by atoms with Gasteiger partial charge in [0.05, 0.1) is 18.3 Å². The number of carbonyl (C=O) groups is 1. The fourth-order valence-corrected chi connectivity index (χ4v) is 2.44. The molecule has 0 fully saturated rings. The van der Waals surface area contributed by atoms with E-state index in [4.69, 9.17) is 21.7 Å². The first kappa shape index (κ1) is 19.7. The van der Waals surface area contributed by atoms with Crippen LogP contribution in [0.5, 0.6) is 11.5 Å². The lowest BCUT2D eigenvalue weighted by Crippen LogP contribution is -2.34. The minimum Gasteiger partial charge on any atom is -0.494 e. The molecule has 0 saturated heterocycles. The Labute approximate surface area is 159 Å². The summed E-state index contributed by atoms with van der Waals surface area (Å²) in [5, 5.41) is 5.89. The molecule has 0 aliphatic rings. The van der Waals surface area contributed by atoms with Crippen LogP contribution in [0.25, 0.3) is 0 Å². The number of para-hydroxylation sites is 1. The molecule has 5 nitrogen and oxygen atoms in total. The minimum absolute atomic E-state index is 0.0279. The van der Waals surface area contributed by atoms with Gasteiger partial charge in [-0.25, -0.2) is 0 Å². The van der Waals surface area contributed by atoms with E-state index in [-0.39, 0.29) is 17.1 Å². The lowest BCUT2D eigenvalue weighted by atomic mass is 10.2. The van der Waals surface area contributed by atoms with Crippen molar-refractivity contribution in [1.29, 1.82) is 0 Å². The van der Waals surface area contributed by atoms with Crippen molar-refractivity contribution in [1.82, 2.24) is 5.32 Å². The molecule has 0 aliphatic carbocycles. The molecule has 0 unspecified atom stereocenters. The quantitative estimate of drug-likeness (QED) is 0.706. The van der Waals surface area contributed by atoms with Crippen molar-refractivity contribution in [3.63, 3.8) is 0 Å². The fraction of sp³-hybridized carbons (Fsp3) is 0.300. The normalized spacial score (nSPS) is 10.3. The molecule has 6 heteroatoms. The number of carbonyl (C=O) groups excluding carboxylic acids is 1. The van der Waals surface area contributed by atoms with Crippen LogP contribution < -0.4 is 20.1 Å². The van der Waals surface area contributed by atoms with Gasteiger partial charge in [0, 0.05) is 11.8 Å². The van der Waals surface area contributed by atoms with Crippen molar-refractivity contribution in [2.24, 2.45) is 0 Å². The zero-order valence-electron chi connectivity index (χ0n) is 15.2. The number of anilines is 1. The van der Waals surface area contributed by atoms with E-state index in [1.807, 2.05) is 51.1 Å². The van der Waals surface area contributed by atoms with Crippen LogP contribution in [0, 0.1) is 0 Å². The highest BCUT2D eigenvalue weighted by atomic mass is 32.1. The average molecular weight is 372 g/mol. The third-order valence-electron chi connectivity index (χ3n) is 3.29. The maximum absolute atomic E-state index is 12.5. The molecule has 2 aromatic rings. The van der Waals surface area contributed by atoms with E-state index >= 15 is 0 Å². The molecule has 2 rings (SSSR count). The number of thiocarbonyl (C=S) groups is 1. The van der Waals surface area contributed by atoms with E-state index in [2.05, 4.69) is 10.6 Å². The second kappa shape index (κ2) is 9.77. The summed E-state index contributed by atoms with van der Waals surface area (Å²) in [5.41, 5.74) is 1.18. The van der Waals surface area contributed by atoms with Crippen LogP contribution in [-0.4, -0.2) is 23.7 Å². The summed E-state index contributed by atoms with van der Waals surface area (Å²) in [5.74, 6) is 0.955. The molecular formula is C20H24N2O3S. The van der Waals surface area contributed by atoms with Crippen molar-refractivity contribution in [2.75, 3.05) is 11.9 Å². The molecule has 0 spiro atoms. The first-order valence-corrected chi connectivity index (χ1v) is 9.01. The van der Waals surface area contributed by atoms with Crippen molar-refractivity contribution in [3.8, 4) is 11.5 Å². The number of hydrogen-bond acceptors (Lipinski definition) is 4. The van der Waals surface area contributed by atoms with Gasteiger partial charge in [0.25, 0.3) is 5.91 Å². The molecule has 0 aliphatic heterocycles. The first-order chi connectivity index (χ1) is 12.5.